The number of morpholine rings is 1. The predicted octanol–water partition coefficient (Wildman–Crippen LogP) is 2.30. The number of hydrogen-bond donors (Lipinski definition) is 2. The van der Waals surface area contributed by atoms with Crippen molar-refractivity contribution in [1.29, 1.82) is 0 Å². The molecule has 0 bridgehead atoms. The first kappa shape index (κ1) is 20.0. The van der Waals surface area contributed by atoms with Crippen LogP contribution >= 0.6 is 23.1 Å². The van der Waals surface area contributed by atoms with Crippen molar-refractivity contribution in [2.45, 2.75) is 25.3 Å². The molecule has 2 atom stereocenters. The van der Waals surface area contributed by atoms with E-state index in [1.54, 1.807) is 0 Å². The van der Waals surface area contributed by atoms with Crippen LogP contribution in [0.5, 0.6) is 0 Å². The van der Waals surface area contributed by atoms with Gasteiger partial charge in [0.15, 0.2) is 5.96 Å². The summed E-state index contributed by atoms with van der Waals surface area (Å²) in [7, 11) is 1.87. The molecule has 3 heterocycles. The Morgan fingerprint density at radius 2 is 2.23 bits per heavy atom. The molecule has 3 rings (SSSR count). The highest BCUT2D eigenvalue weighted by Gasteiger charge is 2.40. The normalized spacial score (nSPS) is 26.0. The molecule has 1 aromatic heterocycles. The lowest BCUT2D eigenvalue weighted by atomic mass is 9.95. The minimum atomic E-state index is 0.245. The monoisotopic (exact) mass is 396 g/mol. The van der Waals surface area contributed by atoms with E-state index in [4.69, 9.17) is 4.74 Å². The van der Waals surface area contributed by atoms with Gasteiger partial charge < -0.3 is 15.4 Å². The molecule has 2 unspecified atom stereocenters. The van der Waals surface area contributed by atoms with Crippen LogP contribution in [0.3, 0.4) is 0 Å². The third-order valence-corrected chi connectivity index (χ3v) is 7.45. The fraction of sp³-hybridized carbons (Fsp3) is 0.737. The Kier molecular flexibility index (Phi) is 7.66. The number of aliphatic imine (C=N–C) groups is 1. The number of nitrogens with zero attached hydrogens (tertiary/aromatic N) is 2. The van der Waals surface area contributed by atoms with E-state index in [1.165, 1.54) is 22.8 Å². The molecule has 26 heavy (non-hydrogen) atoms. The molecule has 0 aromatic carbocycles. The highest BCUT2D eigenvalue weighted by Crippen LogP contribution is 2.33. The number of thioether (sulfide) groups is 1. The molecule has 2 saturated heterocycles. The Labute approximate surface area is 166 Å². The number of nitrogens with one attached hydrogen (secondary N) is 2. The van der Waals surface area contributed by atoms with Gasteiger partial charge in [-0.05, 0) is 36.0 Å². The molecule has 2 N–H and O–H groups in total. The lowest BCUT2D eigenvalue weighted by molar-refractivity contribution is -0.0120. The largest absolute Gasteiger partial charge is 0.379 e. The van der Waals surface area contributed by atoms with Crippen LogP contribution in [-0.4, -0.2) is 74.3 Å². The van der Waals surface area contributed by atoms with Crippen LogP contribution < -0.4 is 10.6 Å². The quantitative estimate of drug-likeness (QED) is 0.547. The molecule has 2 aliphatic rings. The van der Waals surface area contributed by atoms with E-state index >= 15 is 0 Å². The number of rotatable bonds is 7. The van der Waals surface area contributed by atoms with Gasteiger partial charge in [0.25, 0.3) is 0 Å². The summed E-state index contributed by atoms with van der Waals surface area (Å²) in [5.74, 6) is 3.96. The lowest BCUT2D eigenvalue weighted by Gasteiger charge is -2.43. The molecule has 5 nitrogen and oxygen atoms in total. The molecule has 146 valence electrons. The third-order valence-electron chi connectivity index (χ3n) is 5.32. The number of ether oxygens (including phenoxy) is 1. The molecule has 0 aliphatic carbocycles. The first-order valence-corrected chi connectivity index (χ1v) is 11.6. The smallest absolute Gasteiger partial charge is 0.191 e. The first-order valence-electron chi connectivity index (χ1n) is 9.59. The second-order valence-corrected chi connectivity index (χ2v) is 9.46. The number of hydrogen-bond acceptors (Lipinski definition) is 5. The van der Waals surface area contributed by atoms with E-state index in [0.717, 1.165) is 51.8 Å². The van der Waals surface area contributed by atoms with Gasteiger partial charge >= 0.3 is 0 Å². The molecule has 0 saturated carbocycles. The second-order valence-electron chi connectivity index (χ2n) is 7.32. The summed E-state index contributed by atoms with van der Waals surface area (Å²) in [6.07, 6.45) is 2.37. The maximum Gasteiger partial charge on any atom is 0.191 e. The maximum atomic E-state index is 5.55. The van der Waals surface area contributed by atoms with E-state index in [-0.39, 0.29) is 5.54 Å². The van der Waals surface area contributed by atoms with Crippen molar-refractivity contribution >= 4 is 29.1 Å². The number of guanidine groups is 1. The van der Waals surface area contributed by atoms with Gasteiger partial charge in [-0.15, -0.1) is 11.3 Å². The topological polar surface area (TPSA) is 48.9 Å². The zero-order chi connectivity index (χ0) is 18.2. The van der Waals surface area contributed by atoms with Crippen molar-refractivity contribution in [3.63, 3.8) is 0 Å². The summed E-state index contributed by atoms with van der Waals surface area (Å²) in [4.78, 5) is 8.53. The summed E-state index contributed by atoms with van der Waals surface area (Å²) in [5, 5.41) is 9.28. The summed E-state index contributed by atoms with van der Waals surface area (Å²) < 4.78 is 5.55. The number of thiophene rings is 1. The van der Waals surface area contributed by atoms with E-state index in [0.29, 0.717) is 5.92 Å². The SMILES string of the molecule is CN=C(NCC(C)Cc1cccs1)NCC1(N2CCOCC2)CCSC1. The summed E-state index contributed by atoms with van der Waals surface area (Å²) in [5.41, 5.74) is 0.245. The second kappa shape index (κ2) is 9.97. The van der Waals surface area contributed by atoms with Crippen LogP contribution in [0.1, 0.15) is 18.2 Å². The van der Waals surface area contributed by atoms with E-state index in [1.807, 2.05) is 18.4 Å². The Morgan fingerprint density at radius 1 is 1.38 bits per heavy atom. The van der Waals surface area contributed by atoms with Crippen molar-refractivity contribution in [1.82, 2.24) is 15.5 Å². The van der Waals surface area contributed by atoms with Gasteiger partial charge in [0, 0.05) is 49.4 Å². The lowest BCUT2D eigenvalue weighted by Crippen LogP contribution is -2.60. The molecule has 0 amide bonds. The Bertz CT molecular complexity index is 552. The maximum absolute atomic E-state index is 5.55. The fourth-order valence-corrected chi connectivity index (χ4v) is 6.07. The Balaban J connectivity index is 1.47. The van der Waals surface area contributed by atoms with Crippen molar-refractivity contribution in [2.24, 2.45) is 10.9 Å². The molecule has 0 spiro atoms. The average molecular weight is 397 g/mol. The van der Waals surface area contributed by atoms with Crippen molar-refractivity contribution in [3.8, 4) is 0 Å². The summed E-state index contributed by atoms with van der Waals surface area (Å²) in [6, 6.07) is 4.35. The molecule has 7 heteroatoms. The zero-order valence-electron chi connectivity index (χ0n) is 16.0. The molecule has 2 fully saturated rings. The van der Waals surface area contributed by atoms with Gasteiger partial charge in [-0.25, -0.2) is 0 Å². The van der Waals surface area contributed by atoms with E-state index in [9.17, 15) is 0 Å². The van der Waals surface area contributed by atoms with Gasteiger partial charge in [-0.3, -0.25) is 9.89 Å². The van der Waals surface area contributed by atoms with Gasteiger partial charge in [0.2, 0.25) is 0 Å². The van der Waals surface area contributed by atoms with Crippen LogP contribution in [0.15, 0.2) is 22.5 Å². The van der Waals surface area contributed by atoms with Crippen LogP contribution in [0.25, 0.3) is 0 Å². The van der Waals surface area contributed by atoms with Crippen molar-refractivity contribution < 1.29 is 4.74 Å². The van der Waals surface area contributed by atoms with Gasteiger partial charge in [0.1, 0.15) is 0 Å². The highest BCUT2D eigenvalue weighted by molar-refractivity contribution is 7.99. The molecule has 2 aliphatic heterocycles. The van der Waals surface area contributed by atoms with Crippen molar-refractivity contribution in [2.75, 3.05) is 57.9 Å². The van der Waals surface area contributed by atoms with Crippen LogP contribution in [0, 0.1) is 5.92 Å². The fourth-order valence-electron chi connectivity index (χ4n) is 3.72. The zero-order valence-corrected chi connectivity index (χ0v) is 17.6. The molecular formula is C19H32N4OS2. The van der Waals surface area contributed by atoms with Crippen LogP contribution in [-0.2, 0) is 11.2 Å². The molecular weight excluding hydrogens is 364 g/mol. The van der Waals surface area contributed by atoms with Gasteiger partial charge in [-0.2, -0.15) is 11.8 Å². The average Bonchev–Trinajstić information content (AvgIpc) is 3.35. The van der Waals surface area contributed by atoms with Gasteiger partial charge in [0.05, 0.1) is 13.2 Å². The minimum absolute atomic E-state index is 0.245. The van der Waals surface area contributed by atoms with Crippen LogP contribution in [0.2, 0.25) is 0 Å². The Morgan fingerprint density at radius 3 is 2.88 bits per heavy atom. The summed E-state index contributed by atoms with van der Waals surface area (Å²) in [6.45, 7) is 8.01. The molecule has 0 radical (unpaired) electrons. The Hall–Kier alpha value is -0.760. The standard InChI is InChI=1S/C19H32N4OS2/c1-16(12-17-4-3-10-26-17)13-21-18(20-2)22-14-19(5-11-25-15-19)23-6-8-24-9-7-23/h3-4,10,16H,5-9,11-15H2,1-2H3,(H2,20,21,22). The first-order chi connectivity index (χ1) is 12.7. The van der Waals surface area contributed by atoms with E-state index < -0.39 is 0 Å². The minimum Gasteiger partial charge on any atom is -0.379 e. The van der Waals surface area contributed by atoms with E-state index in [2.05, 4.69) is 56.7 Å². The van der Waals surface area contributed by atoms with Crippen molar-refractivity contribution in [3.05, 3.63) is 22.4 Å². The predicted molar refractivity (Wildman–Crippen MR) is 114 cm³/mol. The summed E-state index contributed by atoms with van der Waals surface area (Å²) >= 11 is 3.91. The van der Waals surface area contributed by atoms with Crippen LogP contribution in [0.4, 0.5) is 0 Å². The molecule has 1 aromatic rings. The van der Waals surface area contributed by atoms with Gasteiger partial charge in [-0.1, -0.05) is 13.0 Å². The third kappa shape index (κ3) is 5.38. The highest BCUT2D eigenvalue weighted by atomic mass is 32.2.